The highest BCUT2D eigenvalue weighted by molar-refractivity contribution is 6.05. The summed E-state index contributed by atoms with van der Waals surface area (Å²) < 4.78 is 14.9. The van der Waals surface area contributed by atoms with E-state index >= 15 is 0 Å². The highest BCUT2D eigenvalue weighted by Gasteiger charge is 2.26. The maximum absolute atomic E-state index is 14.9. The Morgan fingerprint density at radius 3 is 2.62 bits per heavy atom. The molecular formula is C30H23FN4O2. The van der Waals surface area contributed by atoms with E-state index < -0.39 is 0 Å². The lowest BCUT2D eigenvalue weighted by atomic mass is 9.94. The van der Waals surface area contributed by atoms with Crippen molar-refractivity contribution >= 4 is 11.6 Å². The van der Waals surface area contributed by atoms with Crippen molar-refractivity contribution in [3.8, 4) is 17.2 Å². The molecule has 0 saturated carbocycles. The van der Waals surface area contributed by atoms with Crippen LogP contribution in [-0.2, 0) is 11.4 Å². The average molecular weight is 491 g/mol. The number of halogens is 1. The van der Waals surface area contributed by atoms with E-state index in [-0.39, 0.29) is 24.4 Å². The molecule has 1 aliphatic heterocycles. The lowest BCUT2D eigenvalue weighted by molar-refractivity contribution is 0.0826. The molecular weight excluding hydrogens is 467 g/mol. The van der Waals surface area contributed by atoms with Gasteiger partial charge in [-0.1, -0.05) is 35.5 Å². The fraction of sp³-hybridized carbons (Fsp3) is 0.133. The van der Waals surface area contributed by atoms with Gasteiger partial charge in [0.25, 0.3) is 5.91 Å². The second-order valence-corrected chi connectivity index (χ2v) is 8.86. The van der Waals surface area contributed by atoms with Crippen LogP contribution in [0.1, 0.15) is 50.8 Å². The quantitative estimate of drug-likeness (QED) is 0.367. The molecule has 1 N–H and O–H groups in total. The average Bonchev–Trinajstić information content (AvgIpc) is 3.43. The van der Waals surface area contributed by atoms with E-state index in [4.69, 9.17) is 10.1 Å². The SMILES string of the molecule is Cc1ccc(-c2cc(C(=O)NCc3ccc(C#N)cc3)cc(C3=NOC(c4ccccn4)C3)c2)c(F)c1. The number of nitrogens with one attached hydrogen (secondary N) is 1. The maximum atomic E-state index is 14.9. The van der Waals surface area contributed by atoms with E-state index in [9.17, 15) is 9.18 Å². The van der Waals surface area contributed by atoms with Gasteiger partial charge in [-0.2, -0.15) is 5.26 Å². The largest absolute Gasteiger partial charge is 0.385 e. The second kappa shape index (κ2) is 10.4. The van der Waals surface area contributed by atoms with Crippen molar-refractivity contribution in [3.63, 3.8) is 0 Å². The third-order valence-corrected chi connectivity index (χ3v) is 6.19. The van der Waals surface area contributed by atoms with Crippen LogP contribution >= 0.6 is 0 Å². The summed E-state index contributed by atoms with van der Waals surface area (Å²) in [6.45, 7) is 2.11. The fourth-order valence-corrected chi connectivity index (χ4v) is 4.19. The summed E-state index contributed by atoms with van der Waals surface area (Å²) in [5.74, 6) is -0.669. The van der Waals surface area contributed by atoms with E-state index in [1.807, 2.05) is 37.3 Å². The van der Waals surface area contributed by atoms with Crippen LogP contribution in [0.4, 0.5) is 4.39 Å². The number of carbonyl (C=O) groups is 1. The van der Waals surface area contributed by atoms with Gasteiger partial charge in [-0.3, -0.25) is 9.78 Å². The molecule has 6 nitrogen and oxygen atoms in total. The number of hydrogen-bond donors (Lipinski definition) is 1. The van der Waals surface area contributed by atoms with Gasteiger partial charge in [-0.15, -0.1) is 0 Å². The monoisotopic (exact) mass is 490 g/mol. The van der Waals surface area contributed by atoms with Gasteiger partial charge in [-0.25, -0.2) is 4.39 Å². The van der Waals surface area contributed by atoms with Crippen LogP contribution in [0, 0.1) is 24.1 Å². The molecule has 182 valence electrons. The van der Waals surface area contributed by atoms with Crippen molar-refractivity contribution in [2.45, 2.75) is 26.0 Å². The predicted octanol–water partition coefficient (Wildman–Crippen LogP) is 5.86. The lowest BCUT2D eigenvalue weighted by Crippen LogP contribution is -2.23. The summed E-state index contributed by atoms with van der Waals surface area (Å²) in [6.07, 6.45) is 1.85. The molecule has 1 aromatic heterocycles. The Bertz CT molecular complexity index is 1530. The summed E-state index contributed by atoms with van der Waals surface area (Å²) in [5, 5.41) is 16.2. The Morgan fingerprint density at radius 1 is 1.08 bits per heavy atom. The zero-order valence-electron chi connectivity index (χ0n) is 20.1. The number of hydrogen-bond acceptors (Lipinski definition) is 5. The Morgan fingerprint density at radius 2 is 1.89 bits per heavy atom. The molecule has 2 heterocycles. The summed E-state index contributed by atoms with van der Waals surface area (Å²) in [5.41, 5.74) is 5.68. The first-order valence-corrected chi connectivity index (χ1v) is 11.8. The van der Waals surface area contributed by atoms with Gasteiger partial charge < -0.3 is 10.2 Å². The van der Waals surface area contributed by atoms with Crippen molar-refractivity contribution in [2.24, 2.45) is 5.16 Å². The number of aromatic nitrogens is 1. The molecule has 0 spiro atoms. The number of benzene rings is 3. The van der Waals surface area contributed by atoms with E-state index in [1.165, 1.54) is 6.07 Å². The van der Waals surface area contributed by atoms with E-state index in [0.717, 1.165) is 16.8 Å². The first-order valence-electron chi connectivity index (χ1n) is 11.8. The summed E-state index contributed by atoms with van der Waals surface area (Å²) in [4.78, 5) is 23.2. The van der Waals surface area contributed by atoms with Crippen LogP contribution < -0.4 is 5.32 Å². The van der Waals surface area contributed by atoms with E-state index in [2.05, 4.69) is 21.5 Å². The lowest BCUT2D eigenvalue weighted by Gasteiger charge is -2.12. The van der Waals surface area contributed by atoms with Crippen LogP contribution in [0.3, 0.4) is 0 Å². The Labute approximate surface area is 214 Å². The molecule has 1 unspecified atom stereocenters. The zero-order valence-corrected chi connectivity index (χ0v) is 20.1. The van der Waals surface area contributed by atoms with Crippen LogP contribution in [0.5, 0.6) is 0 Å². The molecule has 0 fully saturated rings. The molecule has 37 heavy (non-hydrogen) atoms. The van der Waals surface area contributed by atoms with Gasteiger partial charge in [0.1, 0.15) is 5.82 Å². The second-order valence-electron chi connectivity index (χ2n) is 8.86. The minimum atomic E-state index is -0.364. The number of carbonyl (C=O) groups excluding carboxylic acids is 1. The Hall–Kier alpha value is -4.83. The third-order valence-electron chi connectivity index (χ3n) is 6.19. The van der Waals surface area contributed by atoms with E-state index in [1.54, 1.807) is 48.7 Å². The Kier molecular flexibility index (Phi) is 6.73. The van der Waals surface area contributed by atoms with Crippen molar-refractivity contribution in [1.82, 2.24) is 10.3 Å². The standard InChI is InChI=1S/C30H23FN4O2/c1-19-5-10-25(26(31)12-19)22-13-23(28-16-29(37-35-28)27-4-2-3-11-33-27)15-24(14-22)30(36)34-18-21-8-6-20(17-32)7-9-21/h2-15,29H,16,18H2,1H3,(H,34,36). The fourth-order valence-electron chi connectivity index (χ4n) is 4.19. The smallest absolute Gasteiger partial charge is 0.251 e. The molecule has 5 rings (SSSR count). The number of nitriles is 1. The highest BCUT2D eigenvalue weighted by atomic mass is 19.1. The molecule has 0 saturated heterocycles. The minimum Gasteiger partial charge on any atom is -0.385 e. The number of nitrogens with zero attached hydrogens (tertiary/aromatic N) is 3. The van der Waals surface area contributed by atoms with Gasteiger partial charge in [-0.05, 0) is 72.1 Å². The number of oxime groups is 1. The number of aryl methyl sites for hydroxylation is 1. The number of amides is 1. The normalized spacial score (nSPS) is 14.4. The summed E-state index contributed by atoms with van der Waals surface area (Å²) >= 11 is 0. The molecule has 1 amide bonds. The van der Waals surface area contributed by atoms with Crippen molar-refractivity contribution in [2.75, 3.05) is 0 Å². The zero-order chi connectivity index (χ0) is 25.8. The number of pyridine rings is 1. The van der Waals surface area contributed by atoms with Crippen LogP contribution in [0.2, 0.25) is 0 Å². The van der Waals surface area contributed by atoms with Gasteiger partial charge >= 0.3 is 0 Å². The first-order chi connectivity index (χ1) is 18.0. The van der Waals surface area contributed by atoms with Crippen LogP contribution in [0.15, 0.2) is 90.2 Å². The van der Waals surface area contributed by atoms with Crippen LogP contribution in [-0.4, -0.2) is 16.6 Å². The van der Waals surface area contributed by atoms with Gasteiger partial charge in [0.05, 0.1) is 23.0 Å². The number of rotatable bonds is 6. The molecule has 0 radical (unpaired) electrons. The third kappa shape index (κ3) is 5.39. The van der Waals surface area contributed by atoms with Gasteiger partial charge in [0.2, 0.25) is 0 Å². The molecule has 0 bridgehead atoms. The summed E-state index contributed by atoms with van der Waals surface area (Å²) in [6, 6.07) is 25.0. The molecule has 0 aliphatic carbocycles. The molecule has 3 aromatic carbocycles. The Balaban J connectivity index is 1.44. The summed E-state index contributed by atoms with van der Waals surface area (Å²) in [7, 11) is 0. The van der Waals surface area contributed by atoms with E-state index in [0.29, 0.717) is 39.9 Å². The molecule has 1 atom stereocenters. The van der Waals surface area contributed by atoms with Gasteiger partial charge in [0.15, 0.2) is 6.10 Å². The van der Waals surface area contributed by atoms with Crippen molar-refractivity contribution < 1.29 is 14.0 Å². The molecule has 7 heteroatoms. The maximum Gasteiger partial charge on any atom is 0.251 e. The minimum absolute atomic E-state index is 0.287. The van der Waals surface area contributed by atoms with Gasteiger partial charge in [0, 0.05) is 35.9 Å². The first kappa shape index (κ1) is 23.9. The topological polar surface area (TPSA) is 87.4 Å². The highest BCUT2D eigenvalue weighted by Crippen LogP contribution is 2.31. The predicted molar refractivity (Wildman–Crippen MR) is 138 cm³/mol. The van der Waals surface area contributed by atoms with Crippen molar-refractivity contribution in [1.29, 1.82) is 5.26 Å². The molecule has 1 aliphatic rings. The molecule has 4 aromatic rings. The van der Waals surface area contributed by atoms with Crippen LogP contribution in [0.25, 0.3) is 11.1 Å². The van der Waals surface area contributed by atoms with Crippen molar-refractivity contribution in [3.05, 3.63) is 124 Å².